The average molecular weight is 211 g/mol. The second kappa shape index (κ2) is 6.32. The molecular weight excluding hydrogens is 199 g/mol. The molecule has 0 unspecified atom stereocenters. The minimum Gasteiger partial charge on any atom is -0.462 e. The Balaban J connectivity index is 3.32. The SMILES string of the molecule is C=C(C)C(=O)OCCCC(Cl)Cl. The largest absolute Gasteiger partial charge is 0.462 e. The summed E-state index contributed by atoms with van der Waals surface area (Å²) in [4.78, 5) is 10.4. The summed E-state index contributed by atoms with van der Waals surface area (Å²) in [5, 5.41) is 0. The van der Waals surface area contributed by atoms with E-state index in [4.69, 9.17) is 27.9 Å². The molecule has 0 aliphatic heterocycles. The van der Waals surface area contributed by atoms with E-state index in [0.29, 0.717) is 25.0 Å². The molecule has 0 aromatic rings. The summed E-state index contributed by atoms with van der Waals surface area (Å²) in [6.07, 6.45) is 1.31. The van der Waals surface area contributed by atoms with Crippen LogP contribution < -0.4 is 0 Å². The lowest BCUT2D eigenvalue weighted by atomic mass is 10.3. The van der Waals surface area contributed by atoms with Crippen molar-refractivity contribution in [1.29, 1.82) is 0 Å². The van der Waals surface area contributed by atoms with Crippen molar-refractivity contribution in [2.75, 3.05) is 6.61 Å². The van der Waals surface area contributed by atoms with E-state index in [1.54, 1.807) is 6.92 Å². The van der Waals surface area contributed by atoms with Crippen LogP contribution in [0, 0.1) is 0 Å². The van der Waals surface area contributed by atoms with Crippen molar-refractivity contribution in [3.8, 4) is 0 Å². The maximum atomic E-state index is 10.8. The second-order valence-corrected chi connectivity index (χ2v) is 3.73. The van der Waals surface area contributed by atoms with Gasteiger partial charge in [0.05, 0.1) is 6.61 Å². The Kier molecular flexibility index (Phi) is 6.21. The van der Waals surface area contributed by atoms with Crippen LogP contribution in [0.1, 0.15) is 19.8 Å². The number of hydrogen-bond acceptors (Lipinski definition) is 2. The van der Waals surface area contributed by atoms with Gasteiger partial charge in [-0.25, -0.2) is 4.79 Å². The van der Waals surface area contributed by atoms with E-state index in [0.717, 1.165) is 0 Å². The molecule has 0 rings (SSSR count). The van der Waals surface area contributed by atoms with Gasteiger partial charge < -0.3 is 4.74 Å². The Morgan fingerprint density at radius 3 is 2.58 bits per heavy atom. The third-order valence-electron chi connectivity index (χ3n) is 1.15. The highest BCUT2D eigenvalue weighted by Gasteiger charge is 2.03. The van der Waals surface area contributed by atoms with Crippen LogP contribution in [-0.4, -0.2) is 17.4 Å². The topological polar surface area (TPSA) is 26.3 Å². The Hall–Kier alpha value is -0.210. The molecule has 0 aromatic heterocycles. The molecule has 0 radical (unpaired) electrons. The molecule has 0 amide bonds. The number of alkyl halides is 2. The van der Waals surface area contributed by atoms with Gasteiger partial charge in [0, 0.05) is 5.57 Å². The van der Waals surface area contributed by atoms with E-state index in [-0.39, 0.29) is 10.8 Å². The molecule has 2 nitrogen and oxygen atoms in total. The van der Waals surface area contributed by atoms with Crippen molar-refractivity contribution in [1.82, 2.24) is 0 Å². The fraction of sp³-hybridized carbons (Fsp3) is 0.625. The summed E-state index contributed by atoms with van der Waals surface area (Å²) < 4.78 is 4.80. The van der Waals surface area contributed by atoms with Crippen molar-refractivity contribution in [3.63, 3.8) is 0 Å². The first-order chi connectivity index (χ1) is 5.54. The lowest BCUT2D eigenvalue weighted by Crippen LogP contribution is -2.06. The van der Waals surface area contributed by atoms with Gasteiger partial charge in [0.1, 0.15) is 4.84 Å². The zero-order valence-corrected chi connectivity index (χ0v) is 8.49. The third-order valence-corrected chi connectivity index (χ3v) is 1.58. The number of esters is 1. The smallest absolute Gasteiger partial charge is 0.333 e. The van der Waals surface area contributed by atoms with Gasteiger partial charge in [0.2, 0.25) is 0 Å². The molecule has 0 saturated carbocycles. The molecule has 0 heterocycles. The molecule has 0 fully saturated rings. The summed E-state index contributed by atoms with van der Waals surface area (Å²) in [7, 11) is 0. The van der Waals surface area contributed by atoms with Crippen LogP contribution in [0.25, 0.3) is 0 Å². The van der Waals surface area contributed by atoms with Gasteiger partial charge in [0.25, 0.3) is 0 Å². The summed E-state index contributed by atoms with van der Waals surface area (Å²) >= 11 is 10.9. The van der Waals surface area contributed by atoms with Crippen molar-refractivity contribution in [2.24, 2.45) is 0 Å². The quantitative estimate of drug-likeness (QED) is 0.302. The number of carbonyl (C=O) groups is 1. The van der Waals surface area contributed by atoms with E-state index < -0.39 is 0 Å². The fourth-order valence-corrected chi connectivity index (χ4v) is 0.834. The summed E-state index contributed by atoms with van der Waals surface area (Å²) in [5.41, 5.74) is 0.406. The molecule has 0 saturated heterocycles. The number of hydrogen-bond donors (Lipinski definition) is 0. The molecular formula is C8H12Cl2O2. The zero-order valence-electron chi connectivity index (χ0n) is 6.98. The van der Waals surface area contributed by atoms with Crippen LogP contribution in [0.2, 0.25) is 0 Å². The van der Waals surface area contributed by atoms with Gasteiger partial charge in [-0.2, -0.15) is 0 Å². The van der Waals surface area contributed by atoms with E-state index in [1.165, 1.54) is 0 Å². The second-order valence-electron chi connectivity index (χ2n) is 2.45. The van der Waals surface area contributed by atoms with Crippen molar-refractivity contribution >= 4 is 29.2 Å². The molecule has 0 atom stereocenters. The van der Waals surface area contributed by atoms with Gasteiger partial charge in [-0.15, -0.1) is 23.2 Å². The van der Waals surface area contributed by atoms with E-state index in [2.05, 4.69) is 6.58 Å². The van der Waals surface area contributed by atoms with E-state index in [9.17, 15) is 4.79 Å². The van der Waals surface area contributed by atoms with Gasteiger partial charge in [0.15, 0.2) is 0 Å². The Morgan fingerprint density at radius 1 is 1.58 bits per heavy atom. The molecule has 0 bridgehead atoms. The molecule has 0 aliphatic carbocycles. The van der Waals surface area contributed by atoms with Crippen LogP contribution in [0.4, 0.5) is 0 Å². The molecule has 0 aliphatic rings. The molecule has 12 heavy (non-hydrogen) atoms. The highest BCUT2D eigenvalue weighted by molar-refractivity contribution is 6.44. The molecule has 70 valence electrons. The van der Waals surface area contributed by atoms with E-state index >= 15 is 0 Å². The maximum absolute atomic E-state index is 10.8. The molecule has 0 aromatic carbocycles. The van der Waals surface area contributed by atoms with Crippen molar-refractivity contribution in [3.05, 3.63) is 12.2 Å². The third kappa shape index (κ3) is 6.50. The zero-order chi connectivity index (χ0) is 9.56. The summed E-state index contributed by atoms with van der Waals surface area (Å²) in [5.74, 6) is -0.365. The first-order valence-electron chi connectivity index (χ1n) is 3.65. The minimum absolute atomic E-state index is 0.349. The first-order valence-corrected chi connectivity index (χ1v) is 4.52. The standard InChI is InChI=1S/C8H12Cl2O2/c1-6(2)8(11)12-5-3-4-7(9)10/h7H,1,3-5H2,2H3. The van der Waals surface area contributed by atoms with Crippen LogP contribution in [0.15, 0.2) is 12.2 Å². The number of carbonyl (C=O) groups excluding carboxylic acids is 1. The molecule has 4 heteroatoms. The lowest BCUT2D eigenvalue weighted by molar-refractivity contribution is -0.139. The minimum atomic E-state index is -0.381. The molecule has 0 spiro atoms. The lowest BCUT2D eigenvalue weighted by Gasteiger charge is -2.03. The number of rotatable bonds is 5. The Labute approximate surface area is 82.5 Å². The van der Waals surface area contributed by atoms with Gasteiger partial charge in [-0.05, 0) is 19.8 Å². The highest BCUT2D eigenvalue weighted by Crippen LogP contribution is 2.09. The summed E-state index contributed by atoms with van der Waals surface area (Å²) in [6, 6.07) is 0. The number of ether oxygens (including phenoxy) is 1. The van der Waals surface area contributed by atoms with Crippen molar-refractivity contribution in [2.45, 2.75) is 24.6 Å². The normalized spacial score (nSPS) is 10.0. The van der Waals surface area contributed by atoms with Crippen LogP contribution in [0.3, 0.4) is 0 Å². The predicted molar refractivity (Wildman–Crippen MR) is 50.5 cm³/mol. The van der Waals surface area contributed by atoms with Crippen LogP contribution in [-0.2, 0) is 9.53 Å². The number of halogens is 2. The van der Waals surface area contributed by atoms with Crippen LogP contribution >= 0.6 is 23.2 Å². The van der Waals surface area contributed by atoms with Gasteiger partial charge in [-0.1, -0.05) is 6.58 Å². The monoisotopic (exact) mass is 210 g/mol. The molecule has 0 N–H and O–H groups in total. The fourth-order valence-electron chi connectivity index (χ4n) is 0.526. The van der Waals surface area contributed by atoms with Crippen molar-refractivity contribution < 1.29 is 9.53 Å². The first kappa shape index (κ1) is 11.8. The summed E-state index contributed by atoms with van der Waals surface area (Å²) in [6.45, 7) is 5.40. The Morgan fingerprint density at radius 2 is 2.17 bits per heavy atom. The maximum Gasteiger partial charge on any atom is 0.333 e. The Bertz CT molecular complexity index is 166. The predicted octanol–water partition coefficient (Wildman–Crippen LogP) is 2.69. The van der Waals surface area contributed by atoms with Gasteiger partial charge in [-0.3, -0.25) is 0 Å². The van der Waals surface area contributed by atoms with Crippen LogP contribution in [0.5, 0.6) is 0 Å². The highest BCUT2D eigenvalue weighted by atomic mass is 35.5. The van der Waals surface area contributed by atoms with E-state index in [1.807, 2.05) is 0 Å². The van der Waals surface area contributed by atoms with Gasteiger partial charge >= 0.3 is 5.97 Å². The average Bonchev–Trinajstić information content (AvgIpc) is 1.97.